The van der Waals surface area contributed by atoms with E-state index in [0.29, 0.717) is 17.4 Å². The maximum Gasteiger partial charge on any atom is 0.276 e. The summed E-state index contributed by atoms with van der Waals surface area (Å²) in [7, 11) is 1.64. The van der Waals surface area contributed by atoms with Gasteiger partial charge in [-0.15, -0.1) is 11.3 Å². The normalized spacial score (nSPS) is 15.9. The zero-order chi connectivity index (χ0) is 17.1. The Morgan fingerprint density at radius 3 is 2.79 bits per heavy atom. The van der Waals surface area contributed by atoms with Crippen LogP contribution in [0.25, 0.3) is 16.6 Å². The molecule has 1 aromatic carbocycles. The number of hydrogen-bond donors (Lipinski definition) is 1. The summed E-state index contributed by atoms with van der Waals surface area (Å²) in [6.45, 7) is 2.63. The van der Waals surface area contributed by atoms with Crippen molar-refractivity contribution in [2.24, 2.45) is 0 Å². The van der Waals surface area contributed by atoms with Gasteiger partial charge in [0, 0.05) is 17.5 Å². The molecule has 0 bridgehead atoms. The van der Waals surface area contributed by atoms with Gasteiger partial charge in [-0.05, 0) is 49.0 Å². The number of methoxy groups -OCH3 is 1. The summed E-state index contributed by atoms with van der Waals surface area (Å²) in [5, 5.41) is 6.24. The first-order chi connectivity index (χ1) is 11.6. The number of hydrogen-bond acceptors (Lipinski definition) is 5. The van der Waals surface area contributed by atoms with Gasteiger partial charge >= 0.3 is 0 Å². The number of ether oxygens (including phenoxy) is 1. The Morgan fingerprint density at radius 2 is 2.12 bits per heavy atom. The largest absolute Gasteiger partial charge is 0.497 e. The first-order valence-corrected chi connectivity index (χ1v) is 8.85. The third-order valence-electron chi connectivity index (χ3n) is 3.56. The maximum absolute atomic E-state index is 12.3. The smallest absolute Gasteiger partial charge is 0.276 e. The summed E-state index contributed by atoms with van der Waals surface area (Å²) in [6.07, 6.45) is 2.60. The Hall–Kier alpha value is -2.25. The second kappa shape index (κ2) is 7.11. The minimum Gasteiger partial charge on any atom is -0.497 e. The molecule has 1 aromatic heterocycles. The quantitative estimate of drug-likeness (QED) is 0.656. The van der Waals surface area contributed by atoms with Crippen molar-refractivity contribution in [2.75, 3.05) is 13.7 Å². The zero-order valence-corrected chi connectivity index (χ0v) is 15.0. The molecule has 24 heavy (non-hydrogen) atoms. The number of nitrogens with zero attached hydrogens (tertiary/aromatic N) is 2. The molecule has 1 fully saturated rings. The maximum atomic E-state index is 12.3. The molecule has 3 rings (SSSR count). The van der Waals surface area contributed by atoms with Gasteiger partial charge in [0.15, 0.2) is 5.11 Å². The van der Waals surface area contributed by atoms with Crippen molar-refractivity contribution in [1.82, 2.24) is 15.2 Å². The van der Waals surface area contributed by atoms with Crippen molar-refractivity contribution >= 4 is 40.7 Å². The van der Waals surface area contributed by atoms with Crippen molar-refractivity contribution < 1.29 is 9.53 Å². The van der Waals surface area contributed by atoms with E-state index in [1.807, 2.05) is 36.6 Å². The van der Waals surface area contributed by atoms with Crippen molar-refractivity contribution in [2.45, 2.75) is 13.3 Å². The molecule has 0 unspecified atom stereocenters. The van der Waals surface area contributed by atoms with Gasteiger partial charge in [0.1, 0.15) is 16.5 Å². The molecule has 0 radical (unpaired) electrons. The Morgan fingerprint density at radius 1 is 1.38 bits per heavy atom. The van der Waals surface area contributed by atoms with Crippen LogP contribution in [0.15, 0.2) is 35.3 Å². The number of rotatable bonds is 5. The predicted octanol–water partition coefficient (Wildman–Crippen LogP) is 3.29. The van der Waals surface area contributed by atoms with Crippen molar-refractivity contribution in [1.29, 1.82) is 0 Å². The monoisotopic (exact) mass is 359 g/mol. The van der Waals surface area contributed by atoms with Crippen LogP contribution in [0.5, 0.6) is 5.75 Å². The SMILES string of the molecule is CCCN1C(=O)/C(=C\c2csc(-c3ccc(OC)cc3)n2)NC1=S. The molecule has 5 nitrogen and oxygen atoms in total. The Balaban J connectivity index is 1.80. The molecule has 0 spiro atoms. The van der Waals surface area contributed by atoms with Crippen molar-refractivity contribution in [3.63, 3.8) is 0 Å². The fraction of sp³-hybridized carbons (Fsp3) is 0.235. The minimum atomic E-state index is -0.0964. The molecule has 124 valence electrons. The minimum absolute atomic E-state index is 0.0964. The van der Waals surface area contributed by atoms with E-state index in [0.717, 1.165) is 28.4 Å². The molecule has 2 heterocycles. The Kier molecular flexibility index (Phi) is 4.92. The molecule has 2 aromatic rings. The van der Waals surface area contributed by atoms with Crippen LogP contribution in [0, 0.1) is 0 Å². The number of nitrogens with one attached hydrogen (secondary N) is 1. The van der Waals surface area contributed by atoms with Gasteiger partial charge in [0.2, 0.25) is 0 Å². The van der Waals surface area contributed by atoms with Crippen LogP contribution in [0.3, 0.4) is 0 Å². The Labute approximate surface area is 150 Å². The first kappa shape index (κ1) is 16.6. The summed E-state index contributed by atoms with van der Waals surface area (Å²) in [5.74, 6) is 0.712. The summed E-state index contributed by atoms with van der Waals surface area (Å²) in [4.78, 5) is 18.5. The molecular formula is C17H17N3O2S2. The summed E-state index contributed by atoms with van der Waals surface area (Å²) in [6, 6.07) is 7.73. The molecule has 0 saturated carbocycles. The zero-order valence-electron chi connectivity index (χ0n) is 13.4. The third-order valence-corrected chi connectivity index (χ3v) is 4.79. The highest BCUT2D eigenvalue weighted by atomic mass is 32.1. The number of benzene rings is 1. The molecule has 1 N–H and O–H groups in total. The van der Waals surface area contributed by atoms with Crippen LogP contribution < -0.4 is 10.1 Å². The van der Waals surface area contributed by atoms with E-state index in [-0.39, 0.29) is 5.91 Å². The van der Waals surface area contributed by atoms with Crippen LogP contribution in [0.4, 0.5) is 0 Å². The number of aromatic nitrogens is 1. The lowest BCUT2D eigenvalue weighted by molar-refractivity contribution is -0.122. The number of carbonyl (C=O) groups is 1. The van der Waals surface area contributed by atoms with Crippen LogP contribution >= 0.6 is 23.6 Å². The van der Waals surface area contributed by atoms with E-state index in [4.69, 9.17) is 17.0 Å². The third kappa shape index (κ3) is 3.32. The van der Waals surface area contributed by atoms with Crippen LogP contribution in [0.2, 0.25) is 0 Å². The molecule has 1 saturated heterocycles. The van der Waals surface area contributed by atoms with Gasteiger partial charge in [-0.25, -0.2) is 4.98 Å². The first-order valence-electron chi connectivity index (χ1n) is 7.57. The van der Waals surface area contributed by atoms with Crippen molar-refractivity contribution in [3.8, 4) is 16.3 Å². The summed E-state index contributed by atoms with van der Waals surface area (Å²) >= 11 is 6.74. The second-order valence-corrected chi connectivity index (χ2v) is 6.50. The number of thiazole rings is 1. The molecule has 0 atom stereocenters. The summed E-state index contributed by atoms with van der Waals surface area (Å²) in [5.41, 5.74) is 2.22. The van der Waals surface area contributed by atoms with E-state index in [2.05, 4.69) is 10.3 Å². The molecule has 1 aliphatic rings. The highest BCUT2D eigenvalue weighted by Gasteiger charge is 2.29. The van der Waals surface area contributed by atoms with E-state index in [1.54, 1.807) is 18.1 Å². The highest BCUT2D eigenvalue weighted by molar-refractivity contribution is 7.80. The topological polar surface area (TPSA) is 54.5 Å². The van der Waals surface area contributed by atoms with Gasteiger partial charge < -0.3 is 10.1 Å². The van der Waals surface area contributed by atoms with E-state index in [1.165, 1.54) is 11.3 Å². The lowest BCUT2D eigenvalue weighted by atomic mass is 10.2. The fourth-order valence-corrected chi connectivity index (χ4v) is 3.43. The van der Waals surface area contributed by atoms with E-state index >= 15 is 0 Å². The number of carbonyl (C=O) groups excluding carboxylic acids is 1. The van der Waals surface area contributed by atoms with E-state index in [9.17, 15) is 4.79 Å². The molecule has 7 heteroatoms. The average Bonchev–Trinajstić information content (AvgIpc) is 3.16. The van der Waals surface area contributed by atoms with Crippen molar-refractivity contribution in [3.05, 3.63) is 41.0 Å². The van der Waals surface area contributed by atoms with Gasteiger partial charge in [0.05, 0.1) is 12.8 Å². The lowest BCUT2D eigenvalue weighted by Gasteiger charge is -2.11. The van der Waals surface area contributed by atoms with Gasteiger partial charge in [-0.2, -0.15) is 0 Å². The highest BCUT2D eigenvalue weighted by Crippen LogP contribution is 2.26. The van der Waals surface area contributed by atoms with Crippen LogP contribution in [0.1, 0.15) is 19.0 Å². The molecule has 0 aliphatic carbocycles. The number of amides is 1. The van der Waals surface area contributed by atoms with Gasteiger partial charge in [-0.1, -0.05) is 6.92 Å². The molecule has 1 aliphatic heterocycles. The van der Waals surface area contributed by atoms with Gasteiger partial charge in [-0.3, -0.25) is 9.69 Å². The number of thiocarbonyl (C=S) groups is 1. The Bertz CT molecular complexity index is 796. The average molecular weight is 359 g/mol. The lowest BCUT2D eigenvalue weighted by Crippen LogP contribution is -2.31. The standard InChI is InChI=1S/C17H17N3O2S2/c1-3-8-20-16(21)14(19-17(20)23)9-12-10-24-15(18-12)11-4-6-13(22-2)7-5-11/h4-7,9-10H,3,8H2,1-2H3,(H,19,23)/b14-9+. The molecule has 1 amide bonds. The van der Waals surface area contributed by atoms with Crippen LogP contribution in [-0.2, 0) is 4.79 Å². The second-order valence-electron chi connectivity index (χ2n) is 5.25. The van der Waals surface area contributed by atoms with Crippen LogP contribution in [-0.4, -0.2) is 34.6 Å². The van der Waals surface area contributed by atoms with E-state index < -0.39 is 0 Å². The fourth-order valence-electron chi connectivity index (χ4n) is 2.36. The molecular weight excluding hydrogens is 342 g/mol. The summed E-state index contributed by atoms with van der Waals surface area (Å²) < 4.78 is 5.16. The van der Waals surface area contributed by atoms with Gasteiger partial charge in [0.25, 0.3) is 5.91 Å². The predicted molar refractivity (Wildman–Crippen MR) is 99.8 cm³/mol.